The Labute approximate surface area is 156 Å². The minimum atomic E-state index is -0.331. The van der Waals surface area contributed by atoms with Gasteiger partial charge in [0.2, 0.25) is 0 Å². The number of benzene rings is 1. The molecule has 0 N–H and O–H groups in total. The molecule has 25 heavy (non-hydrogen) atoms. The molecule has 1 aliphatic rings. The lowest BCUT2D eigenvalue weighted by Crippen LogP contribution is -2.36. The van der Waals surface area contributed by atoms with Crippen molar-refractivity contribution in [2.75, 3.05) is 26.2 Å². The van der Waals surface area contributed by atoms with E-state index >= 15 is 0 Å². The second-order valence-corrected chi connectivity index (χ2v) is 7.33. The molecular formula is C20H30ClNO3. The molecule has 0 aliphatic carbocycles. The number of ether oxygens (including phenoxy) is 2. The largest absolute Gasteiger partial charge is 0.489 e. The Kier molecular flexibility index (Phi) is 8.04. The molecule has 0 radical (unpaired) electrons. The van der Waals surface area contributed by atoms with Crippen molar-refractivity contribution >= 4 is 17.6 Å². The third-order valence-electron chi connectivity index (χ3n) is 4.35. The van der Waals surface area contributed by atoms with E-state index in [4.69, 9.17) is 21.1 Å². The maximum absolute atomic E-state index is 12.0. The summed E-state index contributed by atoms with van der Waals surface area (Å²) in [7, 11) is 0. The van der Waals surface area contributed by atoms with Gasteiger partial charge in [-0.1, -0.05) is 13.8 Å². The number of likely N-dealkylation sites (tertiary alicyclic amines) is 1. The van der Waals surface area contributed by atoms with Crippen LogP contribution < -0.4 is 4.74 Å². The lowest BCUT2D eigenvalue weighted by atomic mass is 10.1. The predicted molar refractivity (Wildman–Crippen MR) is 102 cm³/mol. The highest BCUT2D eigenvalue weighted by Crippen LogP contribution is 2.24. The fourth-order valence-electron chi connectivity index (χ4n) is 3.31. The Balaban J connectivity index is 2.06. The SMILES string of the molecule is CCOC(=O)c1ccc(O[C@@H]2CCCCN(CC(C)C)C2)cc1CCl. The van der Waals surface area contributed by atoms with Crippen LogP contribution in [0.3, 0.4) is 0 Å². The topological polar surface area (TPSA) is 38.8 Å². The van der Waals surface area contributed by atoms with Crippen LogP contribution in [-0.4, -0.2) is 43.2 Å². The molecule has 0 unspecified atom stereocenters. The summed E-state index contributed by atoms with van der Waals surface area (Å²) >= 11 is 6.03. The highest BCUT2D eigenvalue weighted by Gasteiger charge is 2.21. The van der Waals surface area contributed by atoms with Gasteiger partial charge in [0.25, 0.3) is 0 Å². The van der Waals surface area contributed by atoms with Gasteiger partial charge in [-0.05, 0) is 62.4 Å². The molecule has 2 rings (SSSR count). The van der Waals surface area contributed by atoms with Crippen molar-refractivity contribution in [2.45, 2.75) is 52.0 Å². The zero-order chi connectivity index (χ0) is 18.2. The molecule has 0 bridgehead atoms. The van der Waals surface area contributed by atoms with Gasteiger partial charge in [-0.25, -0.2) is 4.79 Å². The summed E-state index contributed by atoms with van der Waals surface area (Å²) in [6.45, 7) is 9.86. The van der Waals surface area contributed by atoms with E-state index in [1.165, 1.54) is 12.8 Å². The Morgan fingerprint density at radius 3 is 2.84 bits per heavy atom. The molecule has 1 aromatic carbocycles. The summed E-state index contributed by atoms with van der Waals surface area (Å²) in [5.41, 5.74) is 1.27. The molecule has 1 aromatic rings. The van der Waals surface area contributed by atoms with Gasteiger partial charge in [0.05, 0.1) is 12.2 Å². The van der Waals surface area contributed by atoms with Crippen molar-refractivity contribution in [3.05, 3.63) is 29.3 Å². The number of carbonyl (C=O) groups is 1. The van der Waals surface area contributed by atoms with Gasteiger partial charge in [-0.3, -0.25) is 4.90 Å². The fraction of sp³-hybridized carbons (Fsp3) is 0.650. The minimum Gasteiger partial charge on any atom is -0.489 e. The molecule has 1 saturated heterocycles. The van der Waals surface area contributed by atoms with E-state index < -0.39 is 0 Å². The van der Waals surface area contributed by atoms with Crippen molar-refractivity contribution in [3.63, 3.8) is 0 Å². The maximum Gasteiger partial charge on any atom is 0.338 e. The van der Waals surface area contributed by atoms with Crippen LogP contribution >= 0.6 is 11.6 Å². The quantitative estimate of drug-likeness (QED) is 0.525. The molecule has 140 valence electrons. The van der Waals surface area contributed by atoms with E-state index in [9.17, 15) is 4.79 Å². The average Bonchev–Trinajstić information content (AvgIpc) is 2.79. The molecule has 1 fully saturated rings. The van der Waals surface area contributed by atoms with E-state index in [1.807, 2.05) is 12.1 Å². The maximum atomic E-state index is 12.0. The molecular weight excluding hydrogens is 338 g/mol. The molecule has 1 aliphatic heterocycles. The van der Waals surface area contributed by atoms with Crippen LogP contribution in [0.2, 0.25) is 0 Å². The Morgan fingerprint density at radius 1 is 1.36 bits per heavy atom. The fourth-order valence-corrected chi connectivity index (χ4v) is 3.53. The van der Waals surface area contributed by atoms with Crippen molar-refractivity contribution < 1.29 is 14.3 Å². The minimum absolute atomic E-state index is 0.179. The number of carbonyl (C=O) groups excluding carboxylic acids is 1. The number of halogens is 1. The standard InChI is InChI=1S/C20H30ClNO3/c1-4-24-20(23)19-9-8-17(11-16(19)12-21)25-18-7-5-6-10-22(14-18)13-15(2)3/h8-9,11,15,18H,4-7,10,12-14H2,1-3H3/t18-/m1/s1. The average molecular weight is 368 g/mol. The summed E-state index contributed by atoms with van der Waals surface area (Å²) in [4.78, 5) is 14.5. The second-order valence-electron chi connectivity index (χ2n) is 7.06. The highest BCUT2D eigenvalue weighted by atomic mass is 35.5. The lowest BCUT2D eigenvalue weighted by molar-refractivity contribution is 0.0525. The Hall–Kier alpha value is -1.26. The molecule has 0 saturated carbocycles. The Morgan fingerprint density at radius 2 is 2.16 bits per heavy atom. The number of nitrogens with zero attached hydrogens (tertiary/aromatic N) is 1. The van der Waals surface area contributed by atoms with Gasteiger partial charge in [0.15, 0.2) is 0 Å². The summed E-state index contributed by atoms with van der Waals surface area (Å²) in [5, 5.41) is 0. The summed E-state index contributed by atoms with van der Waals surface area (Å²) < 4.78 is 11.3. The first kappa shape index (κ1) is 20.1. The van der Waals surface area contributed by atoms with Crippen LogP contribution in [0, 0.1) is 5.92 Å². The summed E-state index contributed by atoms with van der Waals surface area (Å²) in [6, 6.07) is 5.48. The smallest absolute Gasteiger partial charge is 0.338 e. The van der Waals surface area contributed by atoms with Crippen LogP contribution in [0.15, 0.2) is 18.2 Å². The molecule has 4 nitrogen and oxygen atoms in total. The first-order valence-corrected chi connectivity index (χ1v) is 9.82. The van der Waals surface area contributed by atoms with Crippen molar-refractivity contribution in [2.24, 2.45) is 5.92 Å². The van der Waals surface area contributed by atoms with E-state index in [1.54, 1.807) is 13.0 Å². The molecule has 0 spiro atoms. The van der Waals surface area contributed by atoms with Gasteiger partial charge in [0, 0.05) is 19.0 Å². The number of hydrogen-bond acceptors (Lipinski definition) is 4. The number of hydrogen-bond donors (Lipinski definition) is 0. The van der Waals surface area contributed by atoms with Crippen molar-refractivity contribution in [1.29, 1.82) is 0 Å². The second kappa shape index (κ2) is 10.0. The van der Waals surface area contributed by atoms with Crippen LogP contribution in [-0.2, 0) is 10.6 Å². The van der Waals surface area contributed by atoms with Gasteiger partial charge < -0.3 is 9.47 Å². The van der Waals surface area contributed by atoms with Gasteiger partial charge in [0.1, 0.15) is 11.9 Å². The van der Waals surface area contributed by atoms with Crippen LogP contribution in [0.1, 0.15) is 56.0 Å². The first-order valence-electron chi connectivity index (χ1n) is 9.28. The summed E-state index contributed by atoms with van der Waals surface area (Å²) in [6.07, 6.45) is 3.65. The van der Waals surface area contributed by atoms with Crippen molar-refractivity contribution in [1.82, 2.24) is 4.90 Å². The Bertz CT molecular complexity index is 562. The van der Waals surface area contributed by atoms with E-state index in [2.05, 4.69) is 18.7 Å². The third-order valence-corrected chi connectivity index (χ3v) is 4.64. The van der Waals surface area contributed by atoms with E-state index in [-0.39, 0.29) is 18.0 Å². The van der Waals surface area contributed by atoms with Gasteiger partial charge in [-0.15, -0.1) is 11.6 Å². The zero-order valence-electron chi connectivity index (χ0n) is 15.6. The van der Waals surface area contributed by atoms with Crippen LogP contribution in [0.4, 0.5) is 0 Å². The monoisotopic (exact) mass is 367 g/mol. The molecule has 0 aromatic heterocycles. The van der Waals surface area contributed by atoms with E-state index in [0.29, 0.717) is 18.1 Å². The van der Waals surface area contributed by atoms with Gasteiger partial charge in [-0.2, -0.15) is 0 Å². The molecule has 1 heterocycles. The molecule has 0 amide bonds. The normalized spacial score (nSPS) is 18.8. The highest BCUT2D eigenvalue weighted by molar-refractivity contribution is 6.17. The number of alkyl halides is 1. The lowest BCUT2D eigenvalue weighted by Gasteiger charge is -2.26. The number of esters is 1. The third kappa shape index (κ3) is 6.19. The van der Waals surface area contributed by atoms with Crippen LogP contribution in [0.5, 0.6) is 5.75 Å². The summed E-state index contributed by atoms with van der Waals surface area (Å²) in [5.74, 6) is 1.36. The van der Waals surface area contributed by atoms with Gasteiger partial charge >= 0.3 is 5.97 Å². The number of rotatable bonds is 7. The predicted octanol–water partition coefficient (Wildman–Crippen LogP) is 4.49. The first-order chi connectivity index (χ1) is 12.0. The molecule has 1 atom stereocenters. The van der Waals surface area contributed by atoms with Crippen LogP contribution in [0.25, 0.3) is 0 Å². The van der Waals surface area contributed by atoms with E-state index in [0.717, 1.165) is 37.4 Å². The van der Waals surface area contributed by atoms with Crippen molar-refractivity contribution in [3.8, 4) is 5.75 Å². The zero-order valence-corrected chi connectivity index (χ0v) is 16.3. The molecule has 5 heteroatoms.